The standard InChI is InChI=1S/C22H28N4O5/c1-14-11-25(12-15(2)31-14)19(28)16-7-3-4-8-17(16)23-18(27)13-26-20(29)22(24-21(26)30)9-5-6-10-22/h3-4,7-8,14-15H,5-6,9-13H2,1-2H3,(H,23,27)(H,24,30)/t14-,15+. The Morgan fingerprint density at radius 2 is 1.77 bits per heavy atom. The quantitative estimate of drug-likeness (QED) is 0.711. The van der Waals surface area contributed by atoms with Gasteiger partial charge in [-0.1, -0.05) is 25.0 Å². The lowest BCUT2D eigenvalue weighted by Crippen LogP contribution is -2.48. The number of nitrogens with one attached hydrogen (secondary N) is 2. The van der Waals surface area contributed by atoms with Gasteiger partial charge in [-0.15, -0.1) is 0 Å². The molecule has 1 aliphatic carbocycles. The Morgan fingerprint density at radius 3 is 2.45 bits per heavy atom. The summed E-state index contributed by atoms with van der Waals surface area (Å²) in [5, 5.41) is 5.47. The molecular formula is C22H28N4O5. The Morgan fingerprint density at radius 1 is 1.13 bits per heavy atom. The Bertz CT molecular complexity index is 901. The van der Waals surface area contributed by atoms with Crippen molar-refractivity contribution in [1.82, 2.24) is 15.1 Å². The molecule has 0 unspecified atom stereocenters. The first-order valence-corrected chi connectivity index (χ1v) is 10.8. The molecule has 4 rings (SSSR count). The number of para-hydroxylation sites is 1. The topological polar surface area (TPSA) is 108 Å². The predicted octanol–water partition coefficient (Wildman–Crippen LogP) is 1.74. The average Bonchev–Trinajstić information content (AvgIpc) is 3.28. The molecule has 0 bridgehead atoms. The summed E-state index contributed by atoms with van der Waals surface area (Å²) in [6.45, 7) is 4.38. The number of anilines is 1. The van der Waals surface area contributed by atoms with Crippen molar-refractivity contribution in [3.05, 3.63) is 29.8 Å². The lowest BCUT2D eigenvalue weighted by atomic mass is 9.98. The molecule has 2 aliphatic heterocycles. The molecule has 2 saturated heterocycles. The van der Waals surface area contributed by atoms with E-state index in [9.17, 15) is 19.2 Å². The maximum absolute atomic E-state index is 13.1. The summed E-state index contributed by atoms with van der Waals surface area (Å²) in [5.41, 5.74) is -0.136. The number of benzene rings is 1. The second kappa shape index (κ2) is 8.30. The van der Waals surface area contributed by atoms with Crippen LogP contribution in [0.2, 0.25) is 0 Å². The van der Waals surface area contributed by atoms with Crippen molar-refractivity contribution in [2.75, 3.05) is 25.0 Å². The van der Waals surface area contributed by atoms with Gasteiger partial charge in [0, 0.05) is 13.1 Å². The van der Waals surface area contributed by atoms with Crippen LogP contribution in [0.3, 0.4) is 0 Å². The minimum absolute atomic E-state index is 0.0722. The van der Waals surface area contributed by atoms with Gasteiger partial charge in [0.05, 0.1) is 23.5 Å². The summed E-state index contributed by atoms with van der Waals surface area (Å²) in [7, 11) is 0. The molecule has 2 heterocycles. The molecule has 1 spiro atoms. The van der Waals surface area contributed by atoms with E-state index in [1.54, 1.807) is 29.2 Å². The number of carbonyl (C=O) groups is 4. The van der Waals surface area contributed by atoms with Crippen LogP contribution in [0.5, 0.6) is 0 Å². The Labute approximate surface area is 181 Å². The van der Waals surface area contributed by atoms with E-state index in [4.69, 9.17) is 4.74 Å². The second-order valence-electron chi connectivity index (χ2n) is 8.67. The van der Waals surface area contributed by atoms with Gasteiger partial charge in [-0.3, -0.25) is 19.3 Å². The zero-order valence-electron chi connectivity index (χ0n) is 17.8. The van der Waals surface area contributed by atoms with Crippen LogP contribution >= 0.6 is 0 Å². The predicted molar refractivity (Wildman–Crippen MR) is 112 cm³/mol. The Kier molecular flexibility index (Phi) is 5.70. The molecule has 1 aromatic carbocycles. The van der Waals surface area contributed by atoms with Crippen molar-refractivity contribution in [3.63, 3.8) is 0 Å². The van der Waals surface area contributed by atoms with Gasteiger partial charge in [0.2, 0.25) is 5.91 Å². The maximum Gasteiger partial charge on any atom is 0.325 e. The summed E-state index contributed by atoms with van der Waals surface area (Å²) in [4.78, 5) is 53.6. The third-order valence-electron chi connectivity index (χ3n) is 6.14. The van der Waals surface area contributed by atoms with E-state index in [2.05, 4.69) is 10.6 Å². The number of imide groups is 1. The van der Waals surface area contributed by atoms with E-state index in [1.807, 2.05) is 13.8 Å². The van der Waals surface area contributed by atoms with Crippen molar-refractivity contribution < 1.29 is 23.9 Å². The van der Waals surface area contributed by atoms with E-state index in [0.717, 1.165) is 17.7 Å². The van der Waals surface area contributed by atoms with Crippen LogP contribution in [-0.4, -0.2) is 70.9 Å². The third kappa shape index (κ3) is 4.14. The van der Waals surface area contributed by atoms with Crippen molar-refractivity contribution in [3.8, 4) is 0 Å². The number of amides is 5. The largest absolute Gasteiger partial charge is 0.372 e. The summed E-state index contributed by atoms with van der Waals surface area (Å²) in [6.07, 6.45) is 2.81. The van der Waals surface area contributed by atoms with Gasteiger partial charge in [0.1, 0.15) is 12.1 Å². The van der Waals surface area contributed by atoms with Crippen LogP contribution in [0.25, 0.3) is 0 Å². The van der Waals surface area contributed by atoms with Crippen molar-refractivity contribution >= 4 is 29.4 Å². The number of carbonyl (C=O) groups excluding carboxylic acids is 4. The zero-order chi connectivity index (χ0) is 22.2. The monoisotopic (exact) mass is 428 g/mol. The van der Waals surface area contributed by atoms with Gasteiger partial charge in [-0.25, -0.2) is 4.79 Å². The van der Waals surface area contributed by atoms with E-state index < -0.39 is 17.5 Å². The van der Waals surface area contributed by atoms with Gasteiger partial charge < -0.3 is 20.3 Å². The first kappa shape index (κ1) is 21.3. The fourth-order valence-corrected chi connectivity index (χ4v) is 4.76. The highest BCUT2D eigenvalue weighted by Gasteiger charge is 2.52. The maximum atomic E-state index is 13.1. The summed E-state index contributed by atoms with van der Waals surface area (Å²) in [5.74, 6) is -1.06. The fourth-order valence-electron chi connectivity index (χ4n) is 4.76. The number of rotatable bonds is 4. The van der Waals surface area contributed by atoms with Crippen LogP contribution in [-0.2, 0) is 14.3 Å². The van der Waals surface area contributed by atoms with Crippen molar-refractivity contribution in [2.45, 2.75) is 57.3 Å². The molecule has 3 aliphatic rings. The van der Waals surface area contributed by atoms with Gasteiger partial charge >= 0.3 is 6.03 Å². The molecule has 31 heavy (non-hydrogen) atoms. The normalized spacial score (nSPS) is 25.1. The average molecular weight is 428 g/mol. The molecule has 1 aromatic rings. The molecule has 2 N–H and O–H groups in total. The van der Waals surface area contributed by atoms with E-state index in [0.29, 0.717) is 37.2 Å². The van der Waals surface area contributed by atoms with Crippen LogP contribution in [0.4, 0.5) is 10.5 Å². The molecule has 166 valence electrons. The lowest BCUT2D eigenvalue weighted by molar-refractivity contribution is -0.133. The van der Waals surface area contributed by atoms with E-state index in [-0.39, 0.29) is 30.6 Å². The first-order chi connectivity index (χ1) is 14.8. The molecule has 1 saturated carbocycles. The molecular weight excluding hydrogens is 400 g/mol. The number of nitrogens with zero attached hydrogens (tertiary/aromatic N) is 2. The van der Waals surface area contributed by atoms with Gasteiger partial charge in [-0.05, 0) is 38.8 Å². The number of hydrogen-bond donors (Lipinski definition) is 2. The van der Waals surface area contributed by atoms with Crippen LogP contribution < -0.4 is 10.6 Å². The minimum atomic E-state index is -0.852. The Hall–Kier alpha value is -2.94. The van der Waals surface area contributed by atoms with Crippen LogP contribution in [0.15, 0.2) is 24.3 Å². The highest BCUT2D eigenvalue weighted by molar-refractivity contribution is 6.11. The fraction of sp³-hybridized carbons (Fsp3) is 0.545. The molecule has 2 atom stereocenters. The number of hydrogen-bond acceptors (Lipinski definition) is 5. The lowest BCUT2D eigenvalue weighted by Gasteiger charge is -2.35. The molecule has 9 heteroatoms. The number of morpholine rings is 1. The first-order valence-electron chi connectivity index (χ1n) is 10.8. The smallest absolute Gasteiger partial charge is 0.325 e. The molecule has 0 aromatic heterocycles. The number of urea groups is 1. The SMILES string of the molecule is C[C@@H]1CN(C(=O)c2ccccc2NC(=O)CN2C(=O)NC3(CCCC3)C2=O)C[C@H](C)O1. The van der Waals surface area contributed by atoms with Gasteiger partial charge in [-0.2, -0.15) is 0 Å². The van der Waals surface area contributed by atoms with Crippen molar-refractivity contribution in [1.29, 1.82) is 0 Å². The highest BCUT2D eigenvalue weighted by atomic mass is 16.5. The highest BCUT2D eigenvalue weighted by Crippen LogP contribution is 2.35. The van der Waals surface area contributed by atoms with Crippen LogP contribution in [0.1, 0.15) is 49.9 Å². The van der Waals surface area contributed by atoms with Gasteiger partial charge in [0.25, 0.3) is 11.8 Å². The molecule has 5 amide bonds. The molecule has 0 radical (unpaired) electrons. The van der Waals surface area contributed by atoms with E-state index >= 15 is 0 Å². The minimum Gasteiger partial charge on any atom is -0.372 e. The van der Waals surface area contributed by atoms with Crippen molar-refractivity contribution in [2.24, 2.45) is 0 Å². The van der Waals surface area contributed by atoms with E-state index in [1.165, 1.54) is 0 Å². The Balaban J connectivity index is 1.45. The number of ether oxygens (including phenoxy) is 1. The third-order valence-corrected chi connectivity index (χ3v) is 6.14. The molecule has 9 nitrogen and oxygen atoms in total. The summed E-state index contributed by atoms with van der Waals surface area (Å²) < 4.78 is 5.69. The second-order valence-corrected chi connectivity index (χ2v) is 8.67. The summed E-state index contributed by atoms with van der Waals surface area (Å²) >= 11 is 0. The van der Waals surface area contributed by atoms with Gasteiger partial charge in [0.15, 0.2) is 0 Å². The zero-order valence-corrected chi connectivity index (χ0v) is 17.8. The summed E-state index contributed by atoms with van der Waals surface area (Å²) in [6, 6.07) is 6.21. The molecule has 3 fully saturated rings. The van der Waals surface area contributed by atoms with Crippen LogP contribution in [0, 0.1) is 0 Å².